The van der Waals surface area contributed by atoms with Gasteiger partial charge in [0.2, 0.25) is 17.7 Å². The maximum absolute atomic E-state index is 13.1. The predicted octanol–water partition coefficient (Wildman–Crippen LogP) is 0.418. The molecule has 4 aliphatic heterocycles. The van der Waals surface area contributed by atoms with Gasteiger partial charge in [-0.1, -0.05) is 0 Å². The number of allylic oxidation sites excluding steroid dienone is 2. The molecule has 0 aliphatic carbocycles. The lowest BCUT2D eigenvalue weighted by atomic mass is 10.1. The normalized spacial score (nSPS) is 26.0. The van der Waals surface area contributed by atoms with Crippen LogP contribution in [-0.2, 0) is 23.9 Å². The standard InChI is InChI=1S/C30H36N4O10/c1-16-9-24(41-2)23(5-6-31-27(37)21-10-17(35)14-33(21)29(16)39)43-7-4-8-44-26-13-20-19(12-25(26)42-3)30(40)34-15-18(36)11-22(34)28(38)32-20/h5-6,9,12-13,17-18,21-22,35-36H,4,7-8,10-11,14-15H2,1-3H3,(H,31,37)(H,32,38)/b6-5+,16-9?,24-23?/t17-,18-,21+,22+/m1/s1. The van der Waals surface area contributed by atoms with Crippen LogP contribution in [0.1, 0.15) is 36.5 Å². The van der Waals surface area contributed by atoms with E-state index in [0.29, 0.717) is 29.2 Å². The molecule has 0 unspecified atom stereocenters. The molecule has 4 aliphatic rings. The molecule has 4 atom stereocenters. The third kappa shape index (κ3) is 6.21. The number of rotatable bonds is 8. The molecule has 2 saturated heterocycles. The number of carbonyl (C=O) groups is 4. The van der Waals surface area contributed by atoms with Crippen molar-refractivity contribution in [2.75, 3.05) is 45.8 Å². The van der Waals surface area contributed by atoms with E-state index >= 15 is 0 Å². The van der Waals surface area contributed by atoms with Crippen molar-refractivity contribution in [3.05, 3.63) is 53.1 Å². The molecule has 2 fully saturated rings. The number of ether oxygens (including phenoxy) is 4. The molecule has 1 aromatic rings. The summed E-state index contributed by atoms with van der Waals surface area (Å²) in [4.78, 5) is 54.4. The molecule has 44 heavy (non-hydrogen) atoms. The van der Waals surface area contributed by atoms with Crippen LogP contribution in [0.25, 0.3) is 0 Å². The van der Waals surface area contributed by atoms with Gasteiger partial charge in [-0.05, 0) is 19.1 Å². The predicted molar refractivity (Wildman–Crippen MR) is 154 cm³/mol. The van der Waals surface area contributed by atoms with Crippen LogP contribution in [0.5, 0.6) is 11.5 Å². The second-order valence-electron chi connectivity index (χ2n) is 10.9. The Kier molecular flexibility index (Phi) is 9.11. The molecule has 5 rings (SSSR count). The zero-order valence-electron chi connectivity index (χ0n) is 24.7. The van der Waals surface area contributed by atoms with Gasteiger partial charge >= 0.3 is 0 Å². The van der Waals surface area contributed by atoms with Gasteiger partial charge in [0, 0.05) is 56.3 Å². The summed E-state index contributed by atoms with van der Waals surface area (Å²) in [6.45, 7) is 2.09. The highest BCUT2D eigenvalue weighted by Crippen LogP contribution is 2.37. The minimum Gasteiger partial charge on any atom is -0.493 e. The number of aliphatic hydroxyl groups excluding tert-OH is 2. The van der Waals surface area contributed by atoms with Crippen LogP contribution >= 0.6 is 0 Å². The minimum absolute atomic E-state index is 0.0575. The van der Waals surface area contributed by atoms with Gasteiger partial charge in [0.15, 0.2) is 23.0 Å². The highest BCUT2D eigenvalue weighted by atomic mass is 16.5. The zero-order valence-corrected chi connectivity index (χ0v) is 24.7. The number of amides is 4. The molecule has 0 radical (unpaired) electrons. The van der Waals surface area contributed by atoms with Crippen LogP contribution in [-0.4, -0.2) is 108 Å². The van der Waals surface area contributed by atoms with Gasteiger partial charge in [0.05, 0.1) is 50.9 Å². The van der Waals surface area contributed by atoms with E-state index in [0.717, 1.165) is 0 Å². The van der Waals surface area contributed by atoms with Crippen molar-refractivity contribution in [1.82, 2.24) is 15.1 Å². The van der Waals surface area contributed by atoms with E-state index < -0.39 is 36.1 Å². The summed E-state index contributed by atoms with van der Waals surface area (Å²) in [6, 6.07) is 1.51. The topological polar surface area (TPSA) is 176 Å². The minimum atomic E-state index is -0.794. The SMILES string of the molecule is COC1=C(OCCCOc2cc3c(cc2OC)C(=O)N2C[C@H](O)C[C@H]2C(=O)N3)/C=C/NC(=O)[C@@H]2C[C@@H](O)CN2C(=O)C(C)=C1. The van der Waals surface area contributed by atoms with E-state index in [2.05, 4.69) is 10.6 Å². The van der Waals surface area contributed by atoms with E-state index in [9.17, 15) is 29.4 Å². The van der Waals surface area contributed by atoms with Crippen molar-refractivity contribution in [2.24, 2.45) is 0 Å². The first-order valence-corrected chi connectivity index (χ1v) is 14.3. The number of carbonyl (C=O) groups excluding carboxylic acids is 4. The first kappa shape index (κ1) is 30.9. The van der Waals surface area contributed by atoms with Crippen LogP contribution < -0.4 is 20.1 Å². The Morgan fingerprint density at radius 1 is 0.841 bits per heavy atom. The van der Waals surface area contributed by atoms with Crippen LogP contribution in [0.4, 0.5) is 5.69 Å². The Morgan fingerprint density at radius 2 is 1.50 bits per heavy atom. The summed E-state index contributed by atoms with van der Waals surface area (Å²) >= 11 is 0. The van der Waals surface area contributed by atoms with Crippen LogP contribution in [0, 0.1) is 0 Å². The maximum atomic E-state index is 13.1. The van der Waals surface area contributed by atoms with E-state index in [1.807, 2.05) is 0 Å². The number of anilines is 1. The Hall–Kier alpha value is -4.56. The fraction of sp³-hybridized carbons (Fsp3) is 0.467. The third-order valence-corrected chi connectivity index (χ3v) is 7.89. The van der Waals surface area contributed by atoms with Gasteiger partial charge in [0.1, 0.15) is 12.1 Å². The second kappa shape index (κ2) is 13.0. The highest BCUT2D eigenvalue weighted by molar-refractivity contribution is 6.10. The van der Waals surface area contributed by atoms with Crippen molar-refractivity contribution in [3.8, 4) is 11.5 Å². The maximum Gasteiger partial charge on any atom is 0.256 e. The Bertz CT molecular complexity index is 1440. The second-order valence-corrected chi connectivity index (χ2v) is 10.9. The van der Waals surface area contributed by atoms with Crippen molar-refractivity contribution in [3.63, 3.8) is 0 Å². The monoisotopic (exact) mass is 612 g/mol. The number of benzene rings is 1. The fourth-order valence-electron chi connectivity index (χ4n) is 5.69. The van der Waals surface area contributed by atoms with Crippen LogP contribution in [0.15, 0.2) is 47.6 Å². The van der Waals surface area contributed by atoms with Gasteiger partial charge in [-0.25, -0.2) is 0 Å². The fourth-order valence-corrected chi connectivity index (χ4v) is 5.69. The molecule has 0 saturated carbocycles. The highest BCUT2D eigenvalue weighted by Gasteiger charge is 2.43. The van der Waals surface area contributed by atoms with Gasteiger partial charge in [-0.15, -0.1) is 0 Å². The summed E-state index contributed by atoms with van der Waals surface area (Å²) in [5.41, 5.74) is 0.846. The Labute approximate surface area is 253 Å². The molecule has 0 aromatic heterocycles. The summed E-state index contributed by atoms with van der Waals surface area (Å²) in [5, 5.41) is 25.4. The Morgan fingerprint density at radius 3 is 2.18 bits per heavy atom. The number of hydrogen-bond donors (Lipinski definition) is 4. The van der Waals surface area contributed by atoms with E-state index in [-0.39, 0.29) is 68.0 Å². The number of nitrogens with one attached hydrogen (secondary N) is 2. The third-order valence-electron chi connectivity index (χ3n) is 7.89. The number of hydrogen-bond acceptors (Lipinski definition) is 10. The molecular weight excluding hydrogens is 576 g/mol. The molecular formula is C30H36N4O10. The number of fused-ring (bicyclic) bond motifs is 3. The molecule has 0 bridgehead atoms. The van der Waals surface area contributed by atoms with E-state index in [4.69, 9.17) is 18.9 Å². The number of methoxy groups -OCH3 is 2. The van der Waals surface area contributed by atoms with Crippen LogP contribution in [0.2, 0.25) is 0 Å². The Balaban J connectivity index is 1.25. The summed E-state index contributed by atoms with van der Waals surface area (Å²) < 4.78 is 22.8. The van der Waals surface area contributed by atoms with Crippen molar-refractivity contribution >= 4 is 29.3 Å². The van der Waals surface area contributed by atoms with Gasteiger partial charge in [-0.2, -0.15) is 0 Å². The molecule has 1 aromatic carbocycles. The molecule has 236 valence electrons. The largest absolute Gasteiger partial charge is 0.493 e. The first-order valence-electron chi connectivity index (χ1n) is 14.3. The lowest BCUT2D eigenvalue weighted by molar-refractivity contribution is -0.135. The van der Waals surface area contributed by atoms with Crippen molar-refractivity contribution in [2.45, 2.75) is 50.5 Å². The molecule has 0 spiro atoms. The van der Waals surface area contributed by atoms with Gasteiger partial charge in [-0.3, -0.25) is 19.2 Å². The molecule has 14 nitrogen and oxygen atoms in total. The summed E-state index contributed by atoms with van der Waals surface area (Å²) in [7, 11) is 2.88. The summed E-state index contributed by atoms with van der Waals surface area (Å²) in [5.74, 6) is -0.411. The molecule has 4 amide bonds. The molecule has 4 N–H and O–H groups in total. The lowest BCUT2D eigenvalue weighted by Crippen LogP contribution is -2.44. The average Bonchev–Trinajstić information content (AvgIpc) is 3.57. The van der Waals surface area contributed by atoms with Crippen molar-refractivity contribution < 1.29 is 48.3 Å². The smallest absolute Gasteiger partial charge is 0.256 e. The van der Waals surface area contributed by atoms with Gasteiger partial charge < -0.3 is 49.6 Å². The van der Waals surface area contributed by atoms with Crippen LogP contribution in [0.3, 0.4) is 0 Å². The zero-order chi connectivity index (χ0) is 31.5. The van der Waals surface area contributed by atoms with Gasteiger partial charge in [0.25, 0.3) is 5.91 Å². The summed E-state index contributed by atoms with van der Waals surface area (Å²) in [6.07, 6.45) is 3.62. The molecule has 4 heterocycles. The number of nitrogens with zero attached hydrogens (tertiary/aromatic N) is 2. The van der Waals surface area contributed by atoms with E-state index in [1.54, 1.807) is 13.0 Å². The van der Waals surface area contributed by atoms with E-state index in [1.165, 1.54) is 48.4 Å². The lowest BCUT2D eigenvalue weighted by Gasteiger charge is -2.23. The van der Waals surface area contributed by atoms with Crippen molar-refractivity contribution in [1.29, 1.82) is 0 Å². The average molecular weight is 613 g/mol. The molecule has 14 heteroatoms. The first-order chi connectivity index (χ1) is 21.1. The number of aliphatic hydroxyl groups is 2. The quantitative estimate of drug-likeness (QED) is 0.301.